The maximum atomic E-state index is 2.58. The number of benzene rings is 5. The van der Waals surface area contributed by atoms with Crippen LogP contribution >= 0.6 is 0 Å². The van der Waals surface area contributed by atoms with E-state index in [1.807, 2.05) is 0 Å². The number of fused-ring (bicyclic) bond motifs is 4. The summed E-state index contributed by atoms with van der Waals surface area (Å²) in [6.07, 6.45) is 5.99. The third kappa shape index (κ3) is 2.40. The molecule has 2 unspecified atom stereocenters. The van der Waals surface area contributed by atoms with E-state index in [-0.39, 0.29) is 11.3 Å². The minimum Gasteiger partial charge on any atom is -0.0715 e. The quantitative estimate of drug-likeness (QED) is 0.229. The molecular weight excluding hydrogens is 432 g/mol. The van der Waals surface area contributed by atoms with E-state index in [1.165, 1.54) is 77.2 Å². The van der Waals surface area contributed by atoms with Crippen LogP contribution in [0.2, 0.25) is 0 Å². The Morgan fingerprint density at radius 1 is 0.722 bits per heavy atom. The van der Waals surface area contributed by atoms with Crippen LogP contribution in [0.1, 0.15) is 59.6 Å². The molecular formula is C36H28. The van der Waals surface area contributed by atoms with Crippen LogP contribution < -0.4 is 0 Å². The molecule has 8 rings (SSSR count). The van der Waals surface area contributed by atoms with E-state index in [0.717, 1.165) is 6.42 Å². The van der Waals surface area contributed by atoms with Gasteiger partial charge in [0.2, 0.25) is 0 Å². The van der Waals surface area contributed by atoms with Crippen molar-refractivity contribution in [2.75, 3.05) is 0 Å². The Morgan fingerprint density at radius 3 is 2.39 bits per heavy atom. The van der Waals surface area contributed by atoms with Crippen LogP contribution in [0.4, 0.5) is 0 Å². The second-order valence-corrected chi connectivity index (χ2v) is 11.2. The van der Waals surface area contributed by atoms with Crippen molar-refractivity contribution in [3.63, 3.8) is 0 Å². The fourth-order valence-corrected chi connectivity index (χ4v) is 7.84. The lowest BCUT2D eigenvalue weighted by atomic mass is 9.68. The minimum absolute atomic E-state index is 0.123. The monoisotopic (exact) mass is 460 g/mol. The van der Waals surface area contributed by atoms with Crippen molar-refractivity contribution in [3.8, 4) is 11.1 Å². The third-order valence-corrected chi connectivity index (χ3v) is 8.95. The summed E-state index contributed by atoms with van der Waals surface area (Å²) in [5.41, 5.74) is 14.4. The van der Waals surface area contributed by atoms with Gasteiger partial charge in [-0.25, -0.2) is 0 Å². The summed E-state index contributed by atoms with van der Waals surface area (Å²) in [5.74, 6) is 0.232. The number of aryl methyl sites for hydroxylation is 1. The zero-order valence-electron chi connectivity index (χ0n) is 21.0. The van der Waals surface area contributed by atoms with E-state index >= 15 is 0 Å². The van der Waals surface area contributed by atoms with E-state index in [0.29, 0.717) is 0 Å². The van der Waals surface area contributed by atoms with Gasteiger partial charge in [0.25, 0.3) is 0 Å². The normalized spacial score (nSPS) is 21.2. The summed E-state index contributed by atoms with van der Waals surface area (Å²) in [7, 11) is 0. The highest BCUT2D eigenvalue weighted by Crippen LogP contribution is 2.63. The van der Waals surface area contributed by atoms with Crippen molar-refractivity contribution in [3.05, 3.63) is 142 Å². The molecule has 0 amide bonds. The zero-order valence-corrected chi connectivity index (χ0v) is 21.0. The van der Waals surface area contributed by atoms with Crippen molar-refractivity contribution in [2.24, 2.45) is 0 Å². The van der Waals surface area contributed by atoms with Gasteiger partial charge in [-0.2, -0.15) is 0 Å². The Morgan fingerprint density at radius 2 is 1.56 bits per heavy atom. The van der Waals surface area contributed by atoms with Gasteiger partial charge in [0.1, 0.15) is 0 Å². The van der Waals surface area contributed by atoms with Gasteiger partial charge in [-0.15, -0.1) is 0 Å². The van der Waals surface area contributed by atoms with Crippen molar-refractivity contribution in [1.82, 2.24) is 0 Å². The fourth-order valence-electron chi connectivity index (χ4n) is 7.84. The van der Waals surface area contributed by atoms with Gasteiger partial charge in [-0.05, 0) is 99.3 Å². The second-order valence-electron chi connectivity index (χ2n) is 11.2. The first-order chi connectivity index (χ1) is 17.6. The van der Waals surface area contributed by atoms with Gasteiger partial charge in [0.05, 0.1) is 0 Å². The van der Waals surface area contributed by atoms with Crippen molar-refractivity contribution in [1.29, 1.82) is 0 Å². The predicted molar refractivity (Wildman–Crippen MR) is 152 cm³/mol. The Bertz CT molecular complexity index is 1830. The summed E-state index contributed by atoms with van der Waals surface area (Å²) in [5, 5.41) is 5.63. The molecule has 3 aliphatic rings. The van der Waals surface area contributed by atoms with Gasteiger partial charge in [-0.3, -0.25) is 0 Å². The average Bonchev–Trinajstić information content (AvgIpc) is 3.15. The Hall–Kier alpha value is -3.90. The molecule has 0 nitrogen and oxygen atoms in total. The summed E-state index contributed by atoms with van der Waals surface area (Å²) in [6.45, 7) is 6.86. The first-order valence-corrected chi connectivity index (χ1v) is 13.1. The Balaban J connectivity index is 1.65. The molecule has 0 saturated heterocycles. The van der Waals surface area contributed by atoms with Crippen LogP contribution in [0.25, 0.3) is 32.7 Å². The highest BCUT2D eigenvalue weighted by atomic mass is 14.5. The van der Waals surface area contributed by atoms with Gasteiger partial charge in [0, 0.05) is 11.3 Å². The van der Waals surface area contributed by atoms with E-state index < -0.39 is 0 Å². The van der Waals surface area contributed by atoms with E-state index in [2.05, 4.69) is 118 Å². The van der Waals surface area contributed by atoms with Gasteiger partial charge >= 0.3 is 0 Å². The first kappa shape index (κ1) is 20.3. The van der Waals surface area contributed by atoms with Crippen molar-refractivity contribution in [2.45, 2.75) is 38.5 Å². The topological polar surface area (TPSA) is 0 Å². The highest BCUT2D eigenvalue weighted by Gasteiger charge is 2.48. The molecule has 3 aliphatic carbocycles. The lowest BCUT2D eigenvalue weighted by molar-refractivity contribution is 0.642. The highest BCUT2D eigenvalue weighted by molar-refractivity contribution is 6.12. The van der Waals surface area contributed by atoms with Crippen molar-refractivity contribution < 1.29 is 0 Å². The van der Waals surface area contributed by atoms with Gasteiger partial charge < -0.3 is 0 Å². The molecule has 0 aliphatic heterocycles. The van der Waals surface area contributed by atoms with E-state index in [4.69, 9.17) is 0 Å². The number of rotatable bonds is 1. The lowest BCUT2D eigenvalue weighted by Gasteiger charge is -2.34. The molecule has 0 N–H and O–H groups in total. The lowest BCUT2D eigenvalue weighted by Crippen LogP contribution is -2.26. The minimum atomic E-state index is -0.123. The zero-order chi connectivity index (χ0) is 24.2. The summed E-state index contributed by atoms with van der Waals surface area (Å²) in [4.78, 5) is 0. The van der Waals surface area contributed by atoms with Crippen LogP contribution in [0.3, 0.4) is 0 Å². The summed E-state index contributed by atoms with van der Waals surface area (Å²) >= 11 is 0. The molecule has 0 radical (unpaired) electrons. The standard InChI is InChI=1S/C36H28/c1-21-17-22(2)20-36(19-21)30-16-15-25-12-8-14-27-31(24-10-5-4-6-11-24)29-18-28-23(3)9-7-13-26(28)35(36)33(29)34(30)32(25)27/h4-19,31H,20H2,1-3H3. The molecule has 0 saturated carbocycles. The predicted octanol–water partition coefficient (Wildman–Crippen LogP) is 9.36. The molecule has 2 atom stereocenters. The molecule has 0 heteroatoms. The molecule has 0 fully saturated rings. The molecule has 36 heavy (non-hydrogen) atoms. The maximum Gasteiger partial charge on any atom is 0.0443 e. The second kappa shape index (κ2) is 6.86. The molecule has 172 valence electrons. The molecule has 1 spiro atoms. The van der Waals surface area contributed by atoms with E-state index in [9.17, 15) is 0 Å². The first-order valence-electron chi connectivity index (χ1n) is 13.1. The number of allylic oxidation sites excluding steroid dienone is 4. The summed E-state index contributed by atoms with van der Waals surface area (Å²) in [6, 6.07) is 32.3. The van der Waals surface area contributed by atoms with Crippen LogP contribution in [0, 0.1) is 6.92 Å². The Labute approximate surface area is 212 Å². The maximum absolute atomic E-state index is 2.58. The van der Waals surface area contributed by atoms with Crippen LogP contribution in [0.5, 0.6) is 0 Å². The number of hydrogen-bond acceptors (Lipinski definition) is 0. The molecule has 5 aromatic rings. The van der Waals surface area contributed by atoms with Crippen LogP contribution in [-0.2, 0) is 5.41 Å². The molecule has 5 aromatic carbocycles. The summed E-state index contributed by atoms with van der Waals surface area (Å²) < 4.78 is 0. The van der Waals surface area contributed by atoms with Crippen molar-refractivity contribution >= 4 is 21.5 Å². The van der Waals surface area contributed by atoms with Crippen LogP contribution in [0.15, 0.2) is 108 Å². The van der Waals surface area contributed by atoms with E-state index in [1.54, 1.807) is 0 Å². The molecule has 0 bridgehead atoms. The van der Waals surface area contributed by atoms with Crippen LogP contribution in [-0.4, -0.2) is 0 Å². The fraction of sp³-hybridized carbons (Fsp3) is 0.167. The van der Waals surface area contributed by atoms with Gasteiger partial charge in [-0.1, -0.05) is 102 Å². The molecule has 0 heterocycles. The number of hydrogen-bond donors (Lipinski definition) is 0. The average molecular weight is 461 g/mol. The SMILES string of the molecule is CC1=CC2(CC(C)=C1)c1ccc3cccc4c3c1-c1c(cc3c(C)cccc3c12)C4c1ccccc1. The molecule has 0 aromatic heterocycles. The largest absolute Gasteiger partial charge is 0.0715 e. The van der Waals surface area contributed by atoms with Gasteiger partial charge in [0.15, 0.2) is 0 Å². The third-order valence-electron chi connectivity index (χ3n) is 8.95. The Kier molecular flexibility index (Phi) is 3.87. The smallest absolute Gasteiger partial charge is 0.0443 e.